The van der Waals surface area contributed by atoms with Crippen molar-refractivity contribution >= 4 is 27.6 Å². The van der Waals surface area contributed by atoms with Gasteiger partial charge in [0.1, 0.15) is 11.8 Å². The molecule has 0 bridgehead atoms. The molecule has 3 aromatic carbocycles. The molecule has 2 aromatic heterocycles. The molecule has 4 heteroatoms. The number of hydrogen-bond acceptors (Lipinski definition) is 3. The number of nitrogens with zero attached hydrogens (tertiary/aromatic N) is 3. The van der Waals surface area contributed by atoms with E-state index in [1.807, 2.05) is 42.9 Å². The number of benzene rings is 3. The Balaban J connectivity index is 1.82. The Morgan fingerprint density at radius 1 is 0.731 bits per heavy atom. The van der Waals surface area contributed by atoms with E-state index in [4.69, 9.17) is 5.73 Å². The molecule has 0 atom stereocenters. The number of fused-ring (bicyclic) bond motifs is 3. The van der Waals surface area contributed by atoms with Gasteiger partial charge in [0, 0.05) is 16.8 Å². The largest absolute Gasteiger partial charge is 0.399 e. The Bertz CT molecular complexity index is 1240. The van der Waals surface area contributed by atoms with Crippen LogP contribution in [-0.4, -0.2) is 14.5 Å². The number of hydrogen-bond donors (Lipinski definition) is 1. The first-order valence-electron chi connectivity index (χ1n) is 8.47. The fraction of sp³-hybridized carbons (Fsp3) is 0. The molecule has 0 fully saturated rings. The van der Waals surface area contributed by atoms with Crippen molar-refractivity contribution in [1.29, 1.82) is 0 Å². The van der Waals surface area contributed by atoms with Gasteiger partial charge in [0.15, 0.2) is 0 Å². The highest BCUT2D eigenvalue weighted by Crippen LogP contribution is 2.30. The highest BCUT2D eigenvalue weighted by atomic mass is 15.1. The maximum Gasteiger partial charge on any atom is 0.108 e. The second-order valence-electron chi connectivity index (χ2n) is 6.30. The van der Waals surface area contributed by atoms with Gasteiger partial charge in [-0.1, -0.05) is 42.5 Å². The van der Waals surface area contributed by atoms with Crippen LogP contribution in [0.15, 0.2) is 85.3 Å². The first kappa shape index (κ1) is 14.7. The highest BCUT2D eigenvalue weighted by molar-refractivity contribution is 6.04. The van der Waals surface area contributed by atoms with Crippen molar-refractivity contribution in [3.63, 3.8) is 0 Å². The summed E-state index contributed by atoms with van der Waals surface area (Å²) in [6.45, 7) is 0. The van der Waals surface area contributed by atoms with Crippen molar-refractivity contribution < 1.29 is 0 Å². The quantitative estimate of drug-likeness (QED) is 0.470. The molecule has 0 aliphatic heterocycles. The number of nitrogens with two attached hydrogens (primary N) is 1. The van der Waals surface area contributed by atoms with E-state index in [9.17, 15) is 0 Å². The predicted octanol–water partition coefficient (Wildman–Crippen LogP) is 4.82. The SMILES string of the molecule is Nc1cccc(-n2cnc3cnc4ccc(-c5ccccc5)cc4c32)c1. The van der Waals surface area contributed by atoms with Gasteiger partial charge in [0.2, 0.25) is 0 Å². The van der Waals surface area contributed by atoms with Gasteiger partial charge in [0.25, 0.3) is 0 Å². The number of pyridine rings is 1. The summed E-state index contributed by atoms with van der Waals surface area (Å²) in [7, 11) is 0. The first-order valence-corrected chi connectivity index (χ1v) is 8.47. The Morgan fingerprint density at radius 3 is 2.46 bits per heavy atom. The van der Waals surface area contributed by atoms with E-state index in [2.05, 4.69) is 57.0 Å². The fourth-order valence-corrected chi connectivity index (χ4v) is 3.37. The summed E-state index contributed by atoms with van der Waals surface area (Å²) in [4.78, 5) is 9.11. The Morgan fingerprint density at radius 2 is 1.62 bits per heavy atom. The third kappa shape index (κ3) is 2.31. The van der Waals surface area contributed by atoms with Gasteiger partial charge in [0.05, 0.1) is 17.2 Å². The Kier molecular flexibility index (Phi) is 3.22. The van der Waals surface area contributed by atoms with Crippen molar-refractivity contribution in [3.8, 4) is 16.8 Å². The molecule has 5 aromatic rings. The lowest BCUT2D eigenvalue weighted by Crippen LogP contribution is -1.95. The van der Waals surface area contributed by atoms with Crippen molar-refractivity contribution in [2.75, 3.05) is 5.73 Å². The van der Waals surface area contributed by atoms with Crippen molar-refractivity contribution in [3.05, 3.63) is 85.3 Å². The summed E-state index contributed by atoms with van der Waals surface area (Å²) in [5, 5.41) is 1.07. The van der Waals surface area contributed by atoms with Gasteiger partial charge in [-0.3, -0.25) is 9.55 Å². The minimum absolute atomic E-state index is 0.729. The van der Waals surface area contributed by atoms with E-state index < -0.39 is 0 Å². The van der Waals surface area contributed by atoms with Crippen LogP contribution in [0.4, 0.5) is 5.69 Å². The van der Waals surface area contributed by atoms with Gasteiger partial charge < -0.3 is 5.73 Å². The van der Waals surface area contributed by atoms with Gasteiger partial charge in [-0.15, -0.1) is 0 Å². The summed E-state index contributed by atoms with van der Waals surface area (Å²) in [5.41, 5.74) is 12.9. The van der Waals surface area contributed by atoms with Crippen molar-refractivity contribution in [1.82, 2.24) is 14.5 Å². The molecule has 0 aliphatic rings. The topological polar surface area (TPSA) is 56.7 Å². The zero-order valence-corrected chi connectivity index (χ0v) is 14.0. The summed E-state index contributed by atoms with van der Waals surface area (Å²) >= 11 is 0. The Hall–Kier alpha value is -3.66. The van der Waals surface area contributed by atoms with Gasteiger partial charge >= 0.3 is 0 Å². The molecule has 0 radical (unpaired) electrons. The smallest absolute Gasteiger partial charge is 0.108 e. The second-order valence-corrected chi connectivity index (χ2v) is 6.30. The summed E-state index contributed by atoms with van der Waals surface area (Å²) in [6.07, 6.45) is 3.65. The number of imidazole rings is 1. The van der Waals surface area contributed by atoms with Gasteiger partial charge in [-0.05, 0) is 41.5 Å². The maximum absolute atomic E-state index is 5.98. The molecule has 26 heavy (non-hydrogen) atoms. The molecule has 0 spiro atoms. The summed E-state index contributed by atoms with van der Waals surface area (Å²) < 4.78 is 2.07. The average molecular weight is 336 g/mol. The standard InChI is InChI=1S/C22H16N4/c23-17-7-4-8-18(12-17)26-14-25-21-13-24-20-10-9-16(11-19(20)22(21)26)15-5-2-1-3-6-15/h1-14H,23H2. The molecule has 0 saturated carbocycles. The molecule has 124 valence electrons. The van der Waals surface area contributed by atoms with Crippen LogP contribution in [0, 0.1) is 0 Å². The molecule has 0 aliphatic carbocycles. The lowest BCUT2D eigenvalue weighted by atomic mass is 10.0. The van der Waals surface area contributed by atoms with Gasteiger partial charge in [-0.25, -0.2) is 4.98 Å². The van der Waals surface area contributed by atoms with E-state index in [0.717, 1.165) is 38.9 Å². The number of nitrogen functional groups attached to an aromatic ring is 1. The molecule has 4 nitrogen and oxygen atoms in total. The number of anilines is 1. The zero-order valence-electron chi connectivity index (χ0n) is 14.0. The molecular weight excluding hydrogens is 320 g/mol. The van der Waals surface area contributed by atoms with Crippen LogP contribution in [0.2, 0.25) is 0 Å². The van der Waals surface area contributed by atoms with Crippen molar-refractivity contribution in [2.45, 2.75) is 0 Å². The van der Waals surface area contributed by atoms with Crippen LogP contribution >= 0.6 is 0 Å². The summed E-state index contributed by atoms with van der Waals surface area (Å²) in [5.74, 6) is 0. The molecule has 2 heterocycles. The molecule has 0 saturated heterocycles. The van der Waals surface area contributed by atoms with Crippen LogP contribution in [0.25, 0.3) is 38.8 Å². The molecule has 2 N–H and O–H groups in total. The van der Waals surface area contributed by atoms with Crippen LogP contribution in [0.3, 0.4) is 0 Å². The fourth-order valence-electron chi connectivity index (χ4n) is 3.37. The van der Waals surface area contributed by atoms with E-state index in [1.165, 1.54) is 5.56 Å². The van der Waals surface area contributed by atoms with E-state index in [1.54, 1.807) is 0 Å². The zero-order chi connectivity index (χ0) is 17.5. The summed E-state index contributed by atoms with van der Waals surface area (Å²) in [6, 6.07) is 24.5. The number of rotatable bonds is 2. The minimum Gasteiger partial charge on any atom is -0.399 e. The van der Waals surface area contributed by atoms with Crippen LogP contribution < -0.4 is 5.73 Å². The van der Waals surface area contributed by atoms with E-state index in [-0.39, 0.29) is 0 Å². The van der Waals surface area contributed by atoms with Crippen LogP contribution in [0.1, 0.15) is 0 Å². The highest BCUT2D eigenvalue weighted by Gasteiger charge is 2.11. The normalized spacial score (nSPS) is 11.2. The van der Waals surface area contributed by atoms with Gasteiger partial charge in [-0.2, -0.15) is 0 Å². The first-order chi connectivity index (χ1) is 12.8. The third-order valence-corrected chi connectivity index (χ3v) is 4.63. The minimum atomic E-state index is 0.729. The van der Waals surface area contributed by atoms with E-state index in [0.29, 0.717) is 0 Å². The molecule has 5 rings (SSSR count). The number of aromatic nitrogens is 3. The second kappa shape index (κ2) is 5.70. The predicted molar refractivity (Wildman–Crippen MR) is 106 cm³/mol. The molecule has 0 unspecified atom stereocenters. The lowest BCUT2D eigenvalue weighted by Gasteiger charge is -2.09. The van der Waals surface area contributed by atoms with Crippen LogP contribution in [0.5, 0.6) is 0 Å². The average Bonchev–Trinajstić information content (AvgIpc) is 3.13. The van der Waals surface area contributed by atoms with Crippen molar-refractivity contribution in [2.24, 2.45) is 0 Å². The monoisotopic (exact) mass is 336 g/mol. The third-order valence-electron chi connectivity index (χ3n) is 4.63. The maximum atomic E-state index is 5.98. The van der Waals surface area contributed by atoms with Crippen LogP contribution in [-0.2, 0) is 0 Å². The molecular formula is C22H16N4. The Labute approximate surface area is 150 Å². The molecule has 0 amide bonds. The van der Waals surface area contributed by atoms with E-state index >= 15 is 0 Å². The lowest BCUT2D eigenvalue weighted by molar-refractivity contribution is 1.10.